The summed E-state index contributed by atoms with van der Waals surface area (Å²) in [5, 5.41) is 2.65. The lowest BCUT2D eigenvalue weighted by Crippen LogP contribution is -2.44. The summed E-state index contributed by atoms with van der Waals surface area (Å²) in [5.74, 6) is 0.203. The molecule has 0 bridgehead atoms. The standard InChI is InChI=1S/C17H17FN2O5S/c1-11(20-26(22,23)14-5-3-13(18)4-6-14)17(21)19-9-12-2-7-15-16(8-12)25-10-24-15/h2-8,11,20H,9-10H2,1H3,(H,19,21)/t11-/m0/s1. The SMILES string of the molecule is C[C@H](NS(=O)(=O)c1ccc(F)cc1)C(=O)NCc1ccc2c(c1)OCO2. The zero-order valence-electron chi connectivity index (χ0n) is 13.9. The molecule has 0 unspecified atom stereocenters. The van der Waals surface area contributed by atoms with Crippen molar-refractivity contribution < 1.29 is 27.1 Å². The summed E-state index contributed by atoms with van der Waals surface area (Å²) in [6, 6.07) is 8.61. The molecule has 3 rings (SSSR count). The Kier molecular flexibility index (Phi) is 5.10. The highest BCUT2D eigenvalue weighted by atomic mass is 32.2. The van der Waals surface area contributed by atoms with Crippen LogP contribution >= 0.6 is 0 Å². The molecule has 1 atom stereocenters. The Labute approximate surface area is 150 Å². The number of carbonyl (C=O) groups is 1. The van der Waals surface area contributed by atoms with Gasteiger partial charge in [0.05, 0.1) is 10.9 Å². The van der Waals surface area contributed by atoms with E-state index in [4.69, 9.17) is 9.47 Å². The van der Waals surface area contributed by atoms with Gasteiger partial charge in [-0.25, -0.2) is 12.8 Å². The molecule has 2 N–H and O–H groups in total. The van der Waals surface area contributed by atoms with Crippen molar-refractivity contribution in [2.45, 2.75) is 24.4 Å². The van der Waals surface area contributed by atoms with E-state index < -0.39 is 27.8 Å². The molecule has 7 nitrogen and oxygen atoms in total. The number of fused-ring (bicyclic) bond motifs is 1. The van der Waals surface area contributed by atoms with Crippen LogP contribution in [0.3, 0.4) is 0 Å². The minimum absolute atomic E-state index is 0.116. The van der Waals surface area contributed by atoms with Crippen LogP contribution in [-0.4, -0.2) is 27.2 Å². The van der Waals surface area contributed by atoms with E-state index in [1.54, 1.807) is 18.2 Å². The summed E-state index contributed by atoms with van der Waals surface area (Å²) in [4.78, 5) is 12.0. The monoisotopic (exact) mass is 380 g/mol. The van der Waals surface area contributed by atoms with Crippen molar-refractivity contribution in [1.29, 1.82) is 0 Å². The quantitative estimate of drug-likeness (QED) is 0.793. The first-order valence-corrected chi connectivity index (χ1v) is 9.27. The number of halogens is 1. The zero-order valence-corrected chi connectivity index (χ0v) is 14.7. The highest BCUT2D eigenvalue weighted by Crippen LogP contribution is 2.32. The largest absolute Gasteiger partial charge is 0.454 e. The first kappa shape index (κ1) is 18.2. The number of nitrogens with one attached hydrogen (secondary N) is 2. The van der Waals surface area contributed by atoms with Gasteiger partial charge in [0.25, 0.3) is 0 Å². The summed E-state index contributed by atoms with van der Waals surface area (Å²) in [6.45, 7) is 1.79. The molecule has 0 spiro atoms. The molecule has 26 heavy (non-hydrogen) atoms. The summed E-state index contributed by atoms with van der Waals surface area (Å²) in [5.41, 5.74) is 0.788. The molecule has 1 aliphatic heterocycles. The molecule has 0 fully saturated rings. The van der Waals surface area contributed by atoms with Gasteiger partial charge < -0.3 is 14.8 Å². The highest BCUT2D eigenvalue weighted by molar-refractivity contribution is 7.89. The van der Waals surface area contributed by atoms with E-state index in [0.717, 1.165) is 29.8 Å². The van der Waals surface area contributed by atoms with E-state index in [-0.39, 0.29) is 18.2 Å². The van der Waals surface area contributed by atoms with Gasteiger partial charge >= 0.3 is 0 Å². The van der Waals surface area contributed by atoms with Crippen LogP contribution in [0.25, 0.3) is 0 Å². The fourth-order valence-corrected chi connectivity index (χ4v) is 3.56. The molecule has 0 saturated carbocycles. The first-order chi connectivity index (χ1) is 12.3. The summed E-state index contributed by atoms with van der Waals surface area (Å²) >= 11 is 0. The van der Waals surface area contributed by atoms with Gasteiger partial charge in [0.15, 0.2) is 11.5 Å². The van der Waals surface area contributed by atoms with Crippen molar-refractivity contribution in [3.63, 3.8) is 0 Å². The summed E-state index contributed by atoms with van der Waals surface area (Å²) < 4.78 is 50.1. The van der Waals surface area contributed by atoms with Gasteiger partial charge in [-0.2, -0.15) is 4.72 Å². The second-order valence-electron chi connectivity index (χ2n) is 5.70. The van der Waals surface area contributed by atoms with Crippen molar-refractivity contribution in [3.8, 4) is 11.5 Å². The Bertz CT molecular complexity index is 915. The van der Waals surface area contributed by atoms with Gasteiger partial charge in [0.1, 0.15) is 5.82 Å². The van der Waals surface area contributed by atoms with Crippen molar-refractivity contribution in [3.05, 3.63) is 53.8 Å². The molecule has 9 heteroatoms. The maximum absolute atomic E-state index is 12.9. The van der Waals surface area contributed by atoms with Gasteiger partial charge in [0.2, 0.25) is 22.7 Å². The molecular weight excluding hydrogens is 363 g/mol. The lowest BCUT2D eigenvalue weighted by molar-refractivity contribution is -0.122. The van der Waals surface area contributed by atoms with Crippen molar-refractivity contribution >= 4 is 15.9 Å². The Morgan fingerprint density at radius 2 is 1.85 bits per heavy atom. The van der Waals surface area contributed by atoms with Gasteiger partial charge in [-0.05, 0) is 48.9 Å². The van der Waals surface area contributed by atoms with E-state index in [0.29, 0.717) is 11.5 Å². The molecule has 0 saturated heterocycles. The van der Waals surface area contributed by atoms with Crippen LogP contribution in [0.15, 0.2) is 47.4 Å². The van der Waals surface area contributed by atoms with E-state index >= 15 is 0 Å². The second-order valence-corrected chi connectivity index (χ2v) is 7.42. The minimum atomic E-state index is -3.93. The van der Waals surface area contributed by atoms with Gasteiger partial charge in [-0.15, -0.1) is 0 Å². The lowest BCUT2D eigenvalue weighted by Gasteiger charge is -2.14. The van der Waals surface area contributed by atoms with E-state index in [1.807, 2.05) is 0 Å². The molecular formula is C17H17FN2O5S. The number of carbonyl (C=O) groups excluding carboxylic acids is 1. The smallest absolute Gasteiger partial charge is 0.241 e. The Balaban J connectivity index is 1.58. The third-order valence-corrected chi connectivity index (χ3v) is 5.31. The zero-order chi connectivity index (χ0) is 18.7. The van der Waals surface area contributed by atoms with E-state index in [1.165, 1.54) is 6.92 Å². The molecule has 2 aromatic carbocycles. The van der Waals surface area contributed by atoms with Crippen molar-refractivity contribution in [2.24, 2.45) is 0 Å². The maximum atomic E-state index is 12.9. The predicted molar refractivity (Wildman–Crippen MR) is 90.6 cm³/mol. The molecule has 1 aliphatic rings. The second kappa shape index (κ2) is 7.30. The van der Waals surface area contributed by atoms with Crippen LogP contribution in [0.2, 0.25) is 0 Å². The molecule has 1 amide bonds. The number of amides is 1. The fourth-order valence-electron chi connectivity index (χ4n) is 2.36. The summed E-state index contributed by atoms with van der Waals surface area (Å²) in [6.07, 6.45) is 0. The Morgan fingerprint density at radius 1 is 1.15 bits per heavy atom. The van der Waals surface area contributed by atoms with Gasteiger partial charge in [-0.3, -0.25) is 4.79 Å². The molecule has 2 aromatic rings. The molecule has 0 radical (unpaired) electrons. The topological polar surface area (TPSA) is 93.7 Å². The Hall–Kier alpha value is -2.65. The first-order valence-electron chi connectivity index (χ1n) is 7.79. The van der Waals surface area contributed by atoms with Crippen LogP contribution < -0.4 is 19.5 Å². The third kappa shape index (κ3) is 4.12. The number of rotatable bonds is 6. The van der Waals surface area contributed by atoms with Gasteiger partial charge in [0, 0.05) is 6.54 Å². The normalized spacial score (nSPS) is 14.1. The number of hydrogen-bond acceptors (Lipinski definition) is 5. The number of sulfonamides is 1. The predicted octanol–water partition coefficient (Wildman–Crippen LogP) is 1.54. The van der Waals surface area contributed by atoms with Crippen LogP contribution in [0.5, 0.6) is 11.5 Å². The van der Waals surface area contributed by atoms with Crippen LogP contribution in [-0.2, 0) is 21.4 Å². The summed E-state index contributed by atoms with van der Waals surface area (Å²) in [7, 11) is -3.93. The van der Waals surface area contributed by atoms with Gasteiger partial charge in [-0.1, -0.05) is 6.07 Å². The Morgan fingerprint density at radius 3 is 2.58 bits per heavy atom. The fraction of sp³-hybridized carbons (Fsp3) is 0.235. The number of benzene rings is 2. The molecule has 138 valence electrons. The highest BCUT2D eigenvalue weighted by Gasteiger charge is 2.22. The van der Waals surface area contributed by atoms with Crippen molar-refractivity contribution in [2.75, 3.05) is 6.79 Å². The van der Waals surface area contributed by atoms with Crippen LogP contribution in [0, 0.1) is 5.82 Å². The average Bonchev–Trinajstić information content (AvgIpc) is 3.07. The van der Waals surface area contributed by atoms with Crippen LogP contribution in [0.1, 0.15) is 12.5 Å². The number of ether oxygens (including phenoxy) is 2. The van der Waals surface area contributed by atoms with Crippen molar-refractivity contribution in [1.82, 2.24) is 10.0 Å². The number of hydrogen-bond donors (Lipinski definition) is 2. The van der Waals surface area contributed by atoms with E-state index in [2.05, 4.69) is 10.0 Å². The van der Waals surface area contributed by atoms with E-state index in [9.17, 15) is 17.6 Å². The molecule has 0 aliphatic carbocycles. The minimum Gasteiger partial charge on any atom is -0.454 e. The lowest BCUT2D eigenvalue weighted by atomic mass is 10.2. The maximum Gasteiger partial charge on any atom is 0.241 e. The third-order valence-electron chi connectivity index (χ3n) is 3.75. The van der Waals surface area contributed by atoms with Crippen LogP contribution in [0.4, 0.5) is 4.39 Å². The molecule has 0 aromatic heterocycles. The average molecular weight is 380 g/mol. The molecule has 1 heterocycles.